The van der Waals surface area contributed by atoms with Crippen LogP contribution in [0, 0.1) is 5.92 Å². The highest BCUT2D eigenvalue weighted by Crippen LogP contribution is 2.27. The topological polar surface area (TPSA) is 0 Å². The van der Waals surface area contributed by atoms with Crippen LogP contribution in [0.25, 0.3) is 0 Å². The Labute approximate surface area is 82.7 Å². The van der Waals surface area contributed by atoms with Crippen molar-refractivity contribution in [1.29, 1.82) is 0 Å². The fourth-order valence-corrected chi connectivity index (χ4v) is 1.83. The van der Waals surface area contributed by atoms with E-state index in [9.17, 15) is 0 Å². The maximum Gasteiger partial charge on any atom is -0.0279 e. The van der Waals surface area contributed by atoms with Gasteiger partial charge >= 0.3 is 0 Å². The number of hydrogen-bond donors (Lipinski definition) is 0. The SMILES string of the molecule is C=C1CCCC/C1=C/CCC(C)C. The number of hydrogen-bond acceptors (Lipinski definition) is 0. The quantitative estimate of drug-likeness (QED) is 0.597. The van der Waals surface area contributed by atoms with Crippen molar-refractivity contribution >= 4 is 0 Å². The summed E-state index contributed by atoms with van der Waals surface area (Å²) >= 11 is 0. The van der Waals surface area contributed by atoms with E-state index in [2.05, 4.69) is 26.5 Å². The zero-order chi connectivity index (χ0) is 9.68. The molecular weight excluding hydrogens is 156 g/mol. The van der Waals surface area contributed by atoms with Crippen LogP contribution in [-0.2, 0) is 0 Å². The molecule has 1 rings (SSSR count). The molecule has 1 aliphatic rings. The zero-order valence-corrected chi connectivity index (χ0v) is 9.10. The summed E-state index contributed by atoms with van der Waals surface area (Å²) in [6, 6.07) is 0. The van der Waals surface area contributed by atoms with Crippen LogP contribution in [0.2, 0.25) is 0 Å². The second kappa shape index (κ2) is 5.26. The van der Waals surface area contributed by atoms with Gasteiger partial charge in [0, 0.05) is 0 Å². The third-order valence-corrected chi connectivity index (χ3v) is 2.76. The van der Waals surface area contributed by atoms with Crippen molar-refractivity contribution in [2.24, 2.45) is 5.92 Å². The normalized spacial score (nSPS) is 21.5. The highest BCUT2D eigenvalue weighted by atomic mass is 14.1. The van der Waals surface area contributed by atoms with Crippen molar-refractivity contribution in [3.8, 4) is 0 Å². The van der Waals surface area contributed by atoms with Gasteiger partial charge in [0.2, 0.25) is 0 Å². The monoisotopic (exact) mass is 178 g/mol. The highest BCUT2D eigenvalue weighted by molar-refractivity contribution is 5.29. The molecule has 0 unspecified atom stereocenters. The van der Waals surface area contributed by atoms with E-state index in [1.54, 1.807) is 5.57 Å². The average Bonchev–Trinajstić information content (AvgIpc) is 2.08. The minimum Gasteiger partial charge on any atom is -0.0956 e. The molecule has 13 heavy (non-hydrogen) atoms. The predicted molar refractivity (Wildman–Crippen MR) is 59.8 cm³/mol. The van der Waals surface area contributed by atoms with Gasteiger partial charge in [-0.2, -0.15) is 0 Å². The Morgan fingerprint density at radius 2 is 2.00 bits per heavy atom. The van der Waals surface area contributed by atoms with E-state index in [4.69, 9.17) is 0 Å². The molecule has 0 heterocycles. The van der Waals surface area contributed by atoms with Crippen LogP contribution in [0.4, 0.5) is 0 Å². The van der Waals surface area contributed by atoms with Gasteiger partial charge in [-0.25, -0.2) is 0 Å². The number of allylic oxidation sites excluding steroid dienone is 3. The molecule has 0 aromatic carbocycles. The molecule has 0 aliphatic heterocycles. The minimum absolute atomic E-state index is 0.828. The summed E-state index contributed by atoms with van der Waals surface area (Å²) in [5, 5.41) is 0. The third-order valence-electron chi connectivity index (χ3n) is 2.76. The molecule has 0 heteroatoms. The molecule has 0 bridgehead atoms. The molecule has 1 aliphatic carbocycles. The molecule has 0 saturated heterocycles. The molecule has 0 aromatic rings. The van der Waals surface area contributed by atoms with Crippen molar-refractivity contribution in [3.63, 3.8) is 0 Å². The van der Waals surface area contributed by atoms with Crippen LogP contribution in [0.3, 0.4) is 0 Å². The van der Waals surface area contributed by atoms with Crippen LogP contribution in [0.5, 0.6) is 0 Å². The molecule has 0 aromatic heterocycles. The van der Waals surface area contributed by atoms with Crippen molar-refractivity contribution in [1.82, 2.24) is 0 Å². The van der Waals surface area contributed by atoms with Crippen LogP contribution in [0.15, 0.2) is 23.8 Å². The molecule has 1 saturated carbocycles. The van der Waals surface area contributed by atoms with E-state index in [1.807, 2.05) is 0 Å². The molecule has 0 nitrogen and oxygen atoms in total. The number of rotatable bonds is 3. The lowest BCUT2D eigenvalue weighted by atomic mass is 9.89. The molecule has 0 N–H and O–H groups in total. The van der Waals surface area contributed by atoms with Gasteiger partial charge in [0.15, 0.2) is 0 Å². The molecule has 74 valence electrons. The van der Waals surface area contributed by atoms with Gasteiger partial charge in [0.1, 0.15) is 0 Å². The molecule has 1 fully saturated rings. The zero-order valence-electron chi connectivity index (χ0n) is 9.10. The molecule has 0 spiro atoms. The fraction of sp³-hybridized carbons (Fsp3) is 0.692. The van der Waals surface area contributed by atoms with E-state index >= 15 is 0 Å². The summed E-state index contributed by atoms with van der Waals surface area (Å²) in [7, 11) is 0. The summed E-state index contributed by atoms with van der Waals surface area (Å²) < 4.78 is 0. The smallest absolute Gasteiger partial charge is 0.0279 e. The van der Waals surface area contributed by atoms with Crippen molar-refractivity contribution < 1.29 is 0 Å². The lowest BCUT2D eigenvalue weighted by Crippen LogP contribution is -1.97. The Hall–Kier alpha value is -0.520. The maximum absolute atomic E-state index is 4.13. The predicted octanol–water partition coefficient (Wildman–Crippen LogP) is 4.48. The van der Waals surface area contributed by atoms with Crippen molar-refractivity contribution in [2.75, 3.05) is 0 Å². The van der Waals surface area contributed by atoms with Crippen LogP contribution in [0.1, 0.15) is 52.4 Å². The van der Waals surface area contributed by atoms with Crippen LogP contribution < -0.4 is 0 Å². The minimum atomic E-state index is 0.828. The first-order valence-corrected chi connectivity index (χ1v) is 5.57. The van der Waals surface area contributed by atoms with E-state index in [-0.39, 0.29) is 0 Å². The van der Waals surface area contributed by atoms with Gasteiger partial charge in [-0.3, -0.25) is 0 Å². The molecular formula is C13H22. The lowest BCUT2D eigenvalue weighted by molar-refractivity contribution is 0.590. The lowest BCUT2D eigenvalue weighted by Gasteiger charge is -2.16. The maximum atomic E-state index is 4.13. The van der Waals surface area contributed by atoms with Crippen LogP contribution in [-0.4, -0.2) is 0 Å². The van der Waals surface area contributed by atoms with Gasteiger partial charge in [0.25, 0.3) is 0 Å². The van der Waals surface area contributed by atoms with E-state index in [0.717, 1.165) is 5.92 Å². The van der Waals surface area contributed by atoms with Crippen LogP contribution >= 0.6 is 0 Å². The van der Waals surface area contributed by atoms with E-state index in [1.165, 1.54) is 44.1 Å². The Bertz CT molecular complexity index is 196. The molecule has 0 amide bonds. The first-order chi connectivity index (χ1) is 6.20. The Morgan fingerprint density at radius 1 is 1.31 bits per heavy atom. The molecule has 0 radical (unpaired) electrons. The van der Waals surface area contributed by atoms with Crippen molar-refractivity contribution in [2.45, 2.75) is 52.4 Å². The second-order valence-electron chi connectivity index (χ2n) is 4.51. The Balaban J connectivity index is 2.35. The summed E-state index contributed by atoms with van der Waals surface area (Å²) in [5.74, 6) is 0.828. The second-order valence-corrected chi connectivity index (χ2v) is 4.51. The summed E-state index contributed by atoms with van der Waals surface area (Å²) in [4.78, 5) is 0. The average molecular weight is 178 g/mol. The molecule has 0 atom stereocenters. The van der Waals surface area contributed by atoms with E-state index < -0.39 is 0 Å². The van der Waals surface area contributed by atoms with Gasteiger partial charge in [-0.05, 0) is 50.0 Å². The summed E-state index contributed by atoms with van der Waals surface area (Å²) in [6.45, 7) is 8.70. The van der Waals surface area contributed by atoms with Gasteiger partial charge in [-0.15, -0.1) is 0 Å². The summed E-state index contributed by atoms with van der Waals surface area (Å²) in [5.41, 5.74) is 2.95. The van der Waals surface area contributed by atoms with Gasteiger partial charge < -0.3 is 0 Å². The summed E-state index contributed by atoms with van der Waals surface area (Å²) in [6.07, 6.45) is 10.2. The fourth-order valence-electron chi connectivity index (χ4n) is 1.83. The third kappa shape index (κ3) is 3.80. The van der Waals surface area contributed by atoms with E-state index in [0.29, 0.717) is 0 Å². The van der Waals surface area contributed by atoms with Gasteiger partial charge in [-0.1, -0.05) is 32.1 Å². The Morgan fingerprint density at radius 3 is 2.62 bits per heavy atom. The first-order valence-electron chi connectivity index (χ1n) is 5.57. The van der Waals surface area contributed by atoms with Crippen molar-refractivity contribution in [3.05, 3.63) is 23.8 Å². The van der Waals surface area contributed by atoms with Gasteiger partial charge in [0.05, 0.1) is 0 Å². The Kier molecular flexibility index (Phi) is 4.27. The highest BCUT2D eigenvalue weighted by Gasteiger charge is 2.08. The largest absolute Gasteiger partial charge is 0.0956 e. The standard InChI is InChI=1S/C13H22/c1-11(2)7-6-10-13-9-5-4-8-12(13)3/h10-11H,3-9H2,1-2H3/b13-10-. The first kappa shape index (κ1) is 10.6.